The van der Waals surface area contributed by atoms with E-state index < -0.39 is 0 Å². The van der Waals surface area contributed by atoms with E-state index in [1.807, 2.05) is 0 Å². The molecule has 19 heavy (non-hydrogen) atoms. The standard InChI is InChI=1S/C17H26N2/c1-13-7-8-14(2)17(9-13,12-18)19-10-15-5-3-4-6-16(15)11-19/h3-6,13-14H,7-12,18H2,1-2H3. The highest BCUT2D eigenvalue weighted by Gasteiger charge is 2.45. The summed E-state index contributed by atoms with van der Waals surface area (Å²) in [7, 11) is 0. The van der Waals surface area contributed by atoms with E-state index in [1.54, 1.807) is 0 Å². The summed E-state index contributed by atoms with van der Waals surface area (Å²) in [6.45, 7) is 7.77. The Kier molecular flexibility index (Phi) is 3.40. The second kappa shape index (κ2) is 4.92. The molecular formula is C17H26N2. The molecule has 104 valence electrons. The predicted octanol–water partition coefficient (Wildman–Crippen LogP) is 3.16. The van der Waals surface area contributed by atoms with Gasteiger partial charge in [0, 0.05) is 25.2 Å². The number of rotatable bonds is 2. The number of hydrogen-bond acceptors (Lipinski definition) is 2. The first-order valence-corrected chi connectivity index (χ1v) is 7.67. The molecule has 0 bridgehead atoms. The van der Waals surface area contributed by atoms with Gasteiger partial charge >= 0.3 is 0 Å². The van der Waals surface area contributed by atoms with Crippen LogP contribution in [-0.2, 0) is 13.1 Å². The van der Waals surface area contributed by atoms with Crippen molar-refractivity contribution in [2.24, 2.45) is 17.6 Å². The van der Waals surface area contributed by atoms with Gasteiger partial charge < -0.3 is 5.73 Å². The molecule has 3 rings (SSSR count). The molecule has 0 aromatic heterocycles. The summed E-state index contributed by atoms with van der Waals surface area (Å²) in [6.07, 6.45) is 3.95. The van der Waals surface area contributed by atoms with Crippen LogP contribution in [0, 0.1) is 11.8 Å². The fraction of sp³-hybridized carbons (Fsp3) is 0.647. The maximum absolute atomic E-state index is 6.26. The first kappa shape index (κ1) is 13.1. The van der Waals surface area contributed by atoms with Gasteiger partial charge in [0.2, 0.25) is 0 Å². The molecule has 0 amide bonds. The van der Waals surface area contributed by atoms with Crippen LogP contribution in [0.3, 0.4) is 0 Å². The summed E-state index contributed by atoms with van der Waals surface area (Å²) in [5.74, 6) is 1.52. The molecule has 1 aromatic carbocycles. The Labute approximate surface area is 117 Å². The Morgan fingerprint density at radius 3 is 2.37 bits per heavy atom. The molecule has 2 nitrogen and oxygen atoms in total. The van der Waals surface area contributed by atoms with Crippen molar-refractivity contribution < 1.29 is 0 Å². The smallest absolute Gasteiger partial charge is 0.0366 e. The summed E-state index contributed by atoms with van der Waals surface area (Å²) < 4.78 is 0. The molecule has 3 unspecified atom stereocenters. The van der Waals surface area contributed by atoms with E-state index in [1.165, 1.54) is 30.4 Å². The highest BCUT2D eigenvalue weighted by atomic mass is 15.2. The number of benzene rings is 1. The van der Waals surface area contributed by atoms with Crippen LogP contribution in [0.5, 0.6) is 0 Å². The van der Waals surface area contributed by atoms with Gasteiger partial charge in [-0.2, -0.15) is 0 Å². The Morgan fingerprint density at radius 1 is 1.16 bits per heavy atom. The SMILES string of the molecule is CC1CCC(C)C(CN)(N2Cc3ccccc3C2)C1. The van der Waals surface area contributed by atoms with E-state index in [0.29, 0.717) is 5.92 Å². The van der Waals surface area contributed by atoms with Crippen LogP contribution < -0.4 is 5.73 Å². The van der Waals surface area contributed by atoms with Crippen LogP contribution in [0.15, 0.2) is 24.3 Å². The van der Waals surface area contributed by atoms with Crippen molar-refractivity contribution in [1.82, 2.24) is 4.90 Å². The molecule has 1 fully saturated rings. The number of nitrogens with two attached hydrogens (primary N) is 1. The summed E-state index contributed by atoms with van der Waals surface area (Å²) in [5.41, 5.74) is 9.48. The van der Waals surface area contributed by atoms with Gasteiger partial charge in [-0.05, 0) is 35.8 Å². The third-order valence-corrected chi connectivity index (χ3v) is 5.54. The molecule has 2 N–H and O–H groups in total. The van der Waals surface area contributed by atoms with E-state index in [2.05, 4.69) is 43.0 Å². The maximum Gasteiger partial charge on any atom is 0.0366 e. The van der Waals surface area contributed by atoms with E-state index in [4.69, 9.17) is 5.73 Å². The van der Waals surface area contributed by atoms with Crippen LogP contribution in [0.4, 0.5) is 0 Å². The Hall–Kier alpha value is -0.860. The van der Waals surface area contributed by atoms with Crippen LogP contribution in [0.2, 0.25) is 0 Å². The van der Waals surface area contributed by atoms with Crippen molar-refractivity contribution >= 4 is 0 Å². The zero-order chi connectivity index (χ0) is 13.5. The Balaban J connectivity index is 1.88. The molecule has 1 saturated carbocycles. The fourth-order valence-corrected chi connectivity index (χ4v) is 4.21. The molecule has 2 aliphatic rings. The van der Waals surface area contributed by atoms with Gasteiger partial charge in [-0.15, -0.1) is 0 Å². The largest absolute Gasteiger partial charge is 0.329 e. The molecule has 0 spiro atoms. The average Bonchev–Trinajstić information content (AvgIpc) is 2.85. The van der Waals surface area contributed by atoms with Gasteiger partial charge in [-0.25, -0.2) is 0 Å². The molecule has 1 heterocycles. The minimum atomic E-state index is 0.219. The third-order valence-electron chi connectivity index (χ3n) is 5.54. The third kappa shape index (κ3) is 2.11. The maximum atomic E-state index is 6.26. The lowest BCUT2D eigenvalue weighted by molar-refractivity contribution is -0.00743. The van der Waals surface area contributed by atoms with E-state index in [0.717, 1.165) is 25.6 Å². The van der Waals surface area contributed by atoms with E-state index in [9.17, 15) is 0 Å². The molecular weight excluding hydrogens is 232 g/mol. The predicted molar refractivity (Wildman–Crippen MR) is 79.7 cm³/mol. The average molecular weight is 258 g/mol. The minimum Gasteiger partial charge on any atom is -0.329 e. The quantitative estimate of drug-likeness (QED) is 0.883. The fourth-order valence-electron chi connectivity index (χ4n) is 4.21. The van der Waals surface area contributed by atoms with Crippen molar-refractivity contribution in [2.75, 3.05) is 6.54 Å². The molecule has 0 radical (unpaired) electrons. The van der Waals surface area contributed by atoms with Gasteiger partial charge in [-0.1, -0.05) is 44.5 Å². The zero-order valence-electron chi connectivity index (χ0n) is 12.2. The summed E-state index contributed by atoms with van der Waals surface area (Å²) in [6, 6.07) is 8.86. The molecule has 1 aliphatic heterocycles. The molecule has 1 aromatic rings. The number of fused-ring (bicyclic) bond motifs is 1. The van der Waals surface area contributed by atoms with Gasteiger partial charge in [0.1, 0.15) is 0 Å². The first-order chi connectivity index (χ1) is 9.15. The van der Waals surface area contributed by atoms with Crippen molar-refractivity contribution in [1.29, 1.82) is 0 Å². The number of hydrogen-bond donors (Lipinski definition) is 1. The van der Waals surface area contributed by atoms with Gasteiger partial charge in [0.15, 0.2) is 0 Å². The van der Waals surface area contributed by atoms with Crippen LogP contribution in [-0.4, -0.2) is 17.0 Å². The van der Waals surface area contributed by atoms with Crippen molar-refractivity contribution in [3.63, 3.8) is 0 Å². The highest BCUT2D eigenvalue weighted by molar-refractivity contribution is 5.31. The highest BCUT2D eigenvalue weighted by Crippen LogP contribution is 2.43. The Morgan fingerprint density at radius 2 is 1.79 bits per heavy atom. The normalized spacial score (nSPS) is 35.3. The van der Waals surface area contributed by atoms with Crippen molar-refractivity contribution in [3.8, 4) is 0 Å². The minimum absolute atomic E-state index is 0.219. The summed E-state index contributed by atoms with van der Waals surface area (Å²) in [4.78, 5) is 2.66. The summed E-state index contributed by atoms with van der Waals surface area (Å²) >= 11 is 0. The lowest BCUT2D eigenvalue weighted by atomic mass is 9.68. The van der Waals surface area contributed by atoms with Crippen molar-refractivity contribution in [2.45, 2.75) is 51.7 Å². The van der Waals surface area contributed by atoms with Gasteiger partial charge in [0.05, 0.1) is 0 Å². The number of nitrogens with zero attached hydrogens (tertiary/aromatic N) is 1. The van der Waals surface area contributed by atoms with Crippen molar-refractivity contribution in [3.05, 3.63) is 35.4 Å². The lowest BCUT2D eigenvalue weighted by Gasteiger charge is -2.50. The monoisotopic (exact) mass is 258 g/mol. The first-order valence-electron chi connectivity index (χ1n) is 7.67. The van der Waals surface area contributed by atoms with E-state index >= 15 is 0 Å². The van der Waals surface area contributed by atoms with Gasteiger partial charge in [-0.3, -0.25) is 4.90 Å². The van der Waals surface area contributed by atoms with Crippen LogP contribution in [0.1, 0.15) is 44.2 Å². The lowest BCUT2D eigenvalue weighted by Crippen LogP contribution is -2.58. The topological polar surface area (TPSA) is 29.3 Å². The van der Waals surface area contributed by atoms with Gasteiger partial charge in [0.25, 0.3) is 0 Å². The Bertz CT molecular complexity index is 431. The van der Waals surface area contributed by atoms with E-state index in [-0.39, 0.29) is 5.54 Å². The molecule has 0 saturated heterocycles. The zero-order valence-corrected chi connectivity index (χ0v) is 12.2. The summed E-state index contributed by atoms with van der Waals surface area (Å²) in [5, 5.41) is 0. The van der Waals surface area contributed by atoms with Crippen LogP contribution >= 0.6 is 0 Å². The molecule has 1 aliphatic carbocycles. The molecule has 2 heteroatoms. The second-order valence-corrected chi connectivity index (χ2v) is 6.72. The molecule has 3 atom stereocenters. The van der Waals surface area contributed by atoms with Crippen LogP contribution in [0.25, 0.3) is 0 Å². The second-order valence-electron chi connectivity index (χ2n) is 6.72.